The van der Waals surface area contributed by atoms with Crippen LogP contribution in [0.4, 0.5) is 0 Å². The van der Waals surface area contributed by atoms with Crippen LogP contribution in [0.3, 0.4) is 0 Å². The second kappa shape index (κ2) is 7.18. The lowest BCUT2D eigenvalue weighted by Gasteiger charge is -2.29. The number of thiophene rings is 1. The van der Waals surface area contributed by atoms with Crippen molar-refractivity contribution in [2.45, 2.75) is 31.8 Å². The van der Waals surface area contributed by atoms with Gasteiger partial charge in [-0.2, -0.15) is 16.4 Å². The molecule has 1 atom stereocenters. The monoisotopic (exact) mass is 392 g/mol. The first-order chi connectivity index (χ1) is 13.8. The van der Waals surface area contributed by atoms with Crippen LogP contribution < -0.4 is 5.32 Å². The molecular formula is C22H24N4OS. The number of H-pyrrole nitrogens is 1. The van der Waals surface area contributed by atoms with Crippen molar-refractivity contribution in [1.82, 2.24) is 20.4 Å². The smallest absolute Gasteiger partial charge is 0.272 e. The zero-order valence-electron chi connectivity index (χ0n) is 15.7. The van der Waals surface area contributed by atoms with E-state index in [0.717, 1.165) is 43.6 Å². The molecule has 2 aliphatic rings. The Labute approximate surface area is 168 Å². The van der Waals surface area contributed by atoms with Crippen LogP contribution in [-0.4, -0.2) is 40.1 Å². The Morgan fingerprint density at radius 2 is 2.04 bits per heavy atom. The normalized spacial score (nSPS) is 20.2. The second-order valence-electron chi connectivity index (χ2n) is 7.93. The fraction of sp³-hybridized carbons (Fsp3) is 0.364. The number of aromatic amines is 1. The first kappa shape index (κ1) is 17.6. The van der Waals surface area contributed by atoms with Gasteiger partial charge in [0.2, 0.25) is 0 Å². The van der Waals surface area contributed by atoms with Gasteiger partial charge in [-0.3, -0.25) is 9.89 Å². The molecule has 1 unspecified atom stereocenters. The minimum absolute atomic E-state index is 0.0567. The highest BCUT2D eigenvalue weighted by Crippen LogP contribution is 2.56. The Balaban J connectivity index is 1.41. The van der Waals surface area contributed by atoms with Crippen molar-refractivity contribution in [3.63, 3.8) is 0 Å². The van der Waals surface area contributed by atoms with Crippen LogP contribution in [0.2, 0.25) is 0 Å². The minimum Gasteiger partial charge on any atom is -0.329 e. The summed E-state index contributed by atoms with van der Waals surface area (Å²) in [6, 6.07) is 14.3. The van der Waals surface area contributed by atoms with E-state index in [9.17, 15) is 4.79 Å². The molecule has 2 fully saturated rings. The van der Waals surface area contributed by atoms with Crippen molar-refractivity contribution >= 4 is 17.2 Å². The summed E-state index contributed by atoms with van der Waals surface area (Å²) in [6.07, 6.45) is 3.43. The molecule has 6 heteroatoms. The Kier molecular flexibility index (Phi) is 4.53. The topological polar surface area (TPSA) is 61.0 Å². The number of aromatic nitrogens is 2. The average molecular weight is 393 g/mol. The number of nitrogens with zero attached hydrogens (tertiary/aromatic N) is 2. The average Bonchev–Trinajstić information content (AvgIpc) is 3.16. The van der Waals surface area contributed by atoms with E-state index in [1.807, 2.05) is 36.4 Å². The van der Waals surface area contributed by atoms with Gasteiger partial charge < -0.3 is 10.2 Å². The molecule has 1 aromatic carbocycles. The molecule has 1 saturated carbocycles. The molecule has 2 aromatic heterocycles. The summed E-state index contributed by atoms with van der Waals surface area (Å²) >= 11 is 1.68. The Morgan fingerprint density at radius 3 is 2.79 bits per heavy atom. The molecule has 3 aromatic rings. The number of benzene rings is 1. The van der Waals surface area contributed by atoms with Gasteiger partial charge in [0, 0.05) is 18.2 Å². The van der Waals surface area contributed by atoms with Crippen LogP contribution in [0.5, 0.6) is 0 Å². The summed E-state index contributed by atoms with van der Waals surface area (Å²) < 4.78 is 0. The number of carbonyl (C=O) groups excluding carboxylic acids is 1. The van der Waals surface area contributed by atoms with Crippen molar-refractivity contribution in [2.24, 2.45) is 5.41 Å². The Bertz CT molecular complexity index is 944. The highest BCUT2D eigenvalue weighted by Gasteiger charge is 2.57. The third-order valence-corrected chi connectivity index (χ3v) is 6.93. The SMILES string of the molecule is O=C(c1cc(-c2ccccc2)n[nH]1)N(Cc1ccsc1)C1CC12CCNCC2. The van der Waals surface area contributed by atoms with Crippen molar-refractivity contribution in [2.75, 3.05) is 13.1 Å². The molecule has 1 saturated heterocycles. The molecule has 5 nitrogen and oxygen atoms in total. The van der Waals surface area contributed by atoms with Crippen LogP contribution in [-0.2, 0) is 6.54 Å². The lowest BCUT2D eigenvalue weighted by Crippen LogP contribution is -2.39. The van der Waals surface area contributed by atoms with E-state index in [-0.39, 0.29) is 5.91 Å². The van der Waals surface area contributed by atoms with Gasteiger partial charge in [0.15, 0.2) is 0 Å². The van der Waals surface area contributed by atoms with Crippen molar-refractivity contribution in [1.29, 1.82) is 0 Å². The van der Waals surface area contributed by atoms with Crippen LogP contribution in [0, 0.1) is 5.41 Å². The fourth-order valence-corrected chi connectivity index (χ4v) is 5.13. The Hall–Kier alpha value is -2.44. The molecule has 5 rings (SSSR count). The van der Waals surface area contributed by atoms with Gasteiger partial charge in [0.05, 0.1) is 5.69 Å². The van der Waals surface area contributed by atoms with Crippen LogP contribution in [0.15, 0.2) is 53.2 Å². The Morgan fingerprint density at radius 1 is 1.21 bits per heavy atom. The first-order valence-corrected chi connectivity index (χ1v) is 10.8. The van der Waals surface area contributed by atoms with E-state index in [2.05, 4.69) is 37.2 Å². The number of amides is 1. The molecular weight excluding hydrogens is 368 g/mol. The molecule has 1 aliphatic carbocycles. The summed E-state index contributed by atoms with van der Waals surface area (Å²) in [5, 5.41) is 15.0. The van der Waals surface area contributed by atoms with E-state index < -0.39 is 0 Å². The third-order valence-electron chi connectivity index (χ3n) is 6.19. The highest BCUT2D eigenvalue weighted by atomic mass is 32.1. The standard InChI is InChI=1S/C22H24N4OS/c27-21(19-12-18(24-25-19)17-4-2-1-3-5-17)26(14-16-6-11-28-15-16)20-13-22(20)7-9-23-10-8-22/h1-6,11-12,15,20,23H,7-10,13-14H2,(H,24,25). The van der Waals surface area contributed by atoms with E-state index in [1.54, 1.807) is 11.3 Å². The second-order valence-corrected chi connectivity index (χ2v) is 8.71. The molecule has 144 valence electrons. The summed E-state index contributed by atoms with van der Waals surface area (Å²) in [5.41, 5.74) is 3.91. The molecule has 0 radical (unpaired) electrons. The van der Waals surface area contributed by atoms with E-state index in [4.69, 9.17) is 0 Å². The van der Waals surface area contributed by atoms with Crippen LogP contribution in [0.1, 0.15) is 35.3 Å². The van der Waals surface area contributed by atoms with E-state index in [0.29, 0.717) is 23.7 Å². The summed E-state index contributed by atoms with van der Waals surface area (Å²) in [5.74, 6) is 0.0567. The number of nitrogens with one attached hydrogen (secondary N) is 2. The van der Waals surface area contributed by atoms with Gasteiger partial charge in [0.25, 0.3) is 5.91 Å². The molecule has 3 heterocycles. The summed E-state index contributed by atoms with van der Waals surface area (Å²) in [6.45, 7) is 2.78. The lowest BCUT2D eigenvalue weighted by molar-refractivity contribution is 0.0686. The predicted octanol–water partition coefficient (Wildman–Crippen LogP) is 3.92. The zero-order valence-corrected chi connectivity index (χ0v) is 16.5. The molecule has 1 aliphatic heterocycles. The number of rotatable bonds is 5. The predicted molar refractivity (Wildman–Crippen MR) is 111 cm³/mol. The first-order valence-electron chi connectivity index (χ1n) is 9.89. The lowest BCUT2D eigenvalue weighted by atomic mass is 9.93. The molecule has 28 heavy (non-hydrogen) atoms. The van der Waals surface area contributed by atoms with Gasteiger partial charge in [-0.1, -0.05) is 30.3 Å². The largest absolute Gasteiger partial charge is 0.329 e. The summed E-state index contributed by atoms with van der Waals surface area (Å²) in [7, 11) is 0. The maximum Gasteiger partial charge on any atom is 0.272 e. The van der Waals surface area contributed by atoms with E-state index >= 15 is 0 Å². The quantitative estimate of drug-likeness (QED) is 0.692. The van der Waals surface area contributed by atoms with Gasteiger partial charge >= 0.3 is 0 Å². The van der Waals surface area contributed by atoms with Gasteiger partial charge in [-0.05, 0) is 66.2 Å². The summed E-state index contributed by atoms with van der Waals surface area (Å²) in [4.78, 5) is 15.5. The minimum atomic E-state index is 0.0567. The fourth-order valence-electron chi connectivity index (χ4n) is 4.47. The van der Waals surface area contributed by atoms with Crippen molar-refractivity contribution in [3.8, 4) is 11.3 Å². The maximum atomic E-state index is 13.5. The number of carbonyl (C=O) groups is 1. The zero-order chi connectivity index (χ0) is 19.0. The van der Waals surface area contributed by atoms with Gasteiger partial charge in [0.1, 0.15) is 5.69 Å². The van der Waals surface area contributed by atoms with Gasteiger partial charge in [-0.25, -0.2) is 0 Å². The molecule has 2 N–H and O–H groups in total. The molecule has 1 amide bonds. The third kappa shape index (κ3) is 3.27. The van der Waals surface area contributed by atoms with E-state index in [1.165, 1.54) is 5.56 Å². The van der Waals surface area contributed by atoms with Crippen LogP contribution >= 0.6 is 11.3 Å². The number of piperidine rings is 1. The number of hydrogen-bond donors (Lipinski definition) is 2. The number of hydrogen-bond acceptors (Lipinski definition) is 4. The van der Waals surface area contributed by atoms with Crippen LogP contribution in [0.25, 0.3) is 11.3 Å². The highest BCUT2D eigenvalue weighted by molar-refractivity contribution is 7.07. The molecule has 1 spiro atoms. The van der Waals surface area contributed by atoms with Crippen molar-refractivity contribution < 1.29 is 4.79 Å². The maximum absolute atomic E-state index is 13.5. The van der Waals surface area contributed by atoms with Crippen molar-refractivity contribution in [3.05, 3.63) is 64.5 Å². The molecule has 0 bridgehead atoms. The van der Waals surface area contributed by atoms with Gasteiger partial charge in [-0.15, -0.1) is 0 Å².